The van der Waals surface area contributed by atoms with Crippen LogP contribution in [0, 0.1) is 0 Å². The molecule has 0 saturated carbocycles. The highest BCUT2D eigenvalue weighted by Crippen LogP contribution is 2.16. The van der Waals surface area contributed by atoms with E-state index in [1.54, 1.807) is 48.5 Å². The van der Waals surface area contributed by atoms with Crippen molar-refractivity contribution < 1.29 is 14.7 Å². The fraction of sp³-hybridized carbons (Fsp3) is 0. The maximum atomic E-state index is 12.1. The van der Waals surface area contributed by atoms with Crippen LogP contribution in [0.25, 0.3) is 5.57 Å². The van der Waals surface area contributed by atoms with E-state index in [4.69, 9.17) is 5.11 Å². The topological polar surface area (TPSA) is 54.4 Å². The molecule has 19 heavy (non-hydrogen) atoms. The van der Waals surface area contributed by atoms with Crippen molar-refractivity contribution in [3.8, 4) is 0 Å². The Bertz CT molecular complexity index is 625. The molecule has 0 amide bonds. The third kappa shape index (κ3) is 2.77. The first-order valence-electron chi connectivity index (χ1n) is 5.72. The Morgan fingerprint density at radius 3 is 1.79 bits per heavy atom. The van der Waals surface area contributed by atoms with E-state index in [0.29, 0.717) is 16.7 Å². The summed E-state index contributed by atoms with van der Waals surface area (Å²) in [6.07, 6.45) is 0. The van der Waals surface area contributed by atoms with Crippen molar-refractivity contribution in [3.05, 3.63) is 77.9 Å². The molecule has 1 N–H and O–H groups in total. The minimum atomic E-state index is -1.07. The van der Waals surface area contributed by atoms with Crippen LogP contribution >= 0.6 is 0 Å². The number of benzene rings is 2. The Hall–Kier alpha value is -2.68. The number of rotatable bonds is 4. The van der Waals surface area contributed by atoms with E-state index < -0.39 is 5.97 Å². The molecule has 3 heteroatoms. The quantitative estimate of drug-likeness (QED) is 0.672. The maximum Gasteiger partial charge on any atom is 0.335 e. The van der Waals surface area contributed by atoms with Gasteiger partial charge >= 0.3 is 5.97 Å². The van der Waals surface area contributed by atoms with Crippen molar-refractivity contribution in [2.75, 3.05) is 0 Å². The molecule has 0 aromatic heterocycles. The summed E-state index contributed by atoms with van der Waals surface area (Å²) in [6, 6.07) is 15.3. The Kier molecular flexibility index (Phi) is 3.57. The van der Waals surface area contributed by atoms with Crippen LogP contribution in [0.5, 0.6) is 0 Å². The smallest absolute Gasteiger partial charge is 0.335 e. The fourth-order valence-electron chi connectivity index (χ4n) is 1.70. The Morgan fingerprint density at radius 2 is 1.26 bits per heavy atom. The molecule has 94 valence electrons. The van der Waals surface area contributed by atoms with Crippen LogP contribution in [-0.2, 0) is 4.79 Å². The number of carbonyl (C=O) groups excluding carboxylic acids is 1. The van der Waals surface area contributed by atoms with Gasteiger partial charge in [0.05, 0.1) is 5.57 Å². The monoisotopic (exact) mass is 252 g/mol. The average Bonchev–Trinajstić information content (AvgIpc) is 2.46. The van der Waals surface area contributed by atoms with Gasteiger partial charge in [-0.15, -0.1) is 0 Å². The second-order valence-corrected chi connectivity index (χ2v) is 4.06. The second kappa shape index (κ2) is 5.31. The molecule has 2 rings (SSSR count). The number of carboxylic acids is 1. The summed E-state index contributed by atoms with van der Waals surface area (Å²) in [4.78, 5) is 22.9. The zero-order chi connectivity index (χ0) is 13.8. The molecule has 0 unspecified atom stereocenters. The first kappa shape index (κ1) is 12.8. The first-order chi connectivity index (χ1) is 9.09. The average molecular weight is 252 g/mol. The van der Waals surface area contributed by atoms with E-state index in [0.717, 1.165) is 0 Å². The van der Waals surface area contributed by atoms with Gasteiger partial charge < -0.3 is 5.11 Å². The molecule has 0 radical (unpaired) electrons. The van der Waals surface area contributed by atoms with Crippen LogP contribution in [0.4, 0.5) is 0 Å². The van der Waals surface area contributed by atoms with Crippen molar-refractivity contribution in [3.63, 3.8) is 0 Å². The highest BCUT2D eigenvalue weighted by atomic mass is 16.4. The normalized spacial score (nSPS) is 9.89. The van der Waals surface area contributed by atoms with E-state index in [9.17, 15) is 9.59 Å². The maximum absolute atomic E-state index is 12.1. The van der Waals surface area contributed by atoms with E-state index in [1.165, 1.54) is 0 Å². The number of carbonyl (C=O) groups is 2. The predicted octanol–water partition coefficient (Wildman–Crippen LogP) is 3.02. The number of hydrogen-bond donors (Lipinski definition) is 1. The number of hydrogen-bond acceptors (Lipinski definition) is 2. The summed E-state index contributed by atoms with van der Waals surface area (Å²) in [6.45, 7) is 3.47. The Labute approximate surface area is 110 Å². The van der Waals surface area contributed by atoms with Crippen LogP contribution in [0.1, 0.15) is 21.5 Å². The standard InChI is InChI=1S/C16H12O3/c1-11(16(18)19)12-7-9-14(10-8-12)15(17)13-5-3-2-4-6-13/h2-10H,1H2,(H,18,19). The Morgan fingerprint density at radius 1 is 0.789 bits per heavy atom. The van der Waals surface area contributed by atoms with Crippen LogP contribution < -0.4 is 0 Å². The minimum Gasteiger partial charge on any atom is -0.478 e. The van der Waals surface area contributed by atoms with Crippen LogP contribution in [0.15, 0.2) is 61.2 Å². The van der Waals surface area contributed by atoms with E-state index >= 15 is 0 Å². The van der Waals surface area contributed by atoms with Gasteiger partial charge in [-0.2, -0.15) is 0 Å². The first-order valence-corrected chi connectivity index (χ1v) is 5.72. The molecule has 3 nitrogen and oxygen atoms in total. The zero-order valence-corrected chi connectivity index (χ0v) is 10.2. The predicted molar refractivity (Wildman–Crippen MR) is 73.0 cm³/mol. The van der Waals surface area contributed by atoms with E-state index in [1.807, 2.05) is 6.07 Å². The van der Waals surface area contributed by atoms with Gasteiger partial charge in [0.15, 0.2) is 5.78 Å². The molecule has 0 aliphatic carbocycles. The third-order valence-corrected chi connectivity index (χ3v) is 2.79. The summed E-state index contributed by atoms with van der Waals surface area (Å²) in [5.74, 6) is -1.16. The largest absolute Gasteiger partial charge is 0.478 e. The number of aliphatic carboxylic acids is 1. The summed E-state index contributed by atoms with van der Waals surface area (Å²) in [5.41, 5.74) is 1.64. The summed E-state index contributed by atoms with van der Waals surface area (Å²) in [7, 11) is 0. The van der Waals surface area contributed by atoms with Crippen molar-refractivity contribution >= 4 is 17.3 Å². The summed E-state index contributed by atoms with van der Waals surface area (Å²) >= 11 is 0. The molecule has 0 aliphatic rings. The molecule has 0 bridgehead atoms. The van der Waals surface area contributed by atoms with Gasteiger partial charge in [-0.1, -0.05) is 61.2 Å². The van der Waals surface area contributed by atoms with E-state index in [-0.39, 0.29) is 11.4 Å². The van der Waals surface area contributed by atoms with Gasteiger partial charge in [0, 0.05) is 11.1 Å². The molecule has 0 saturated heterocycles. The second-order valence-electron chi connectivity index (χ2n) is 4.06. The number of ketones is 1. The lowest BCUT2D eigenvalue weighted by Gasteiger charge is -2.03. The van der Waals surface area contributed by atoms with Crippen LogP contribution in [0.2, 0.25) is 0 Å². The molecule has 0 atom stereocenters. The van der Waals surface area contributed by atoms with Crippen LogP contribution in [0.3, 0.4) is 0 Å². The molecular weight excluding hydrogens is 240 g/mol. The van der Waals surface area contributed by atoms with E-state index in [2.05, 4.69) is 6.58 Å². The van der Waals surface area contributed by atoms with Crippen molar-refractivity contribution in [2.45, 2.75) is 0 Å². The van der Waals surface area contributed by atoms with Gasteiger partial charge in [0.25, 0.3) is 0 Å². The minimum absolute atomic E-state index is 0.0127. The van der Waals surface area contributed by atoms with Gasteiger partial charge in [-0.05, 0) is 5.56 Å². The van der Waals surface area contributed by atoms with Gasteiger partial charge in [-0.3, -0.25) is 4.79 Å². The number of carboxylic acid groups (broad SMARTS) is 1. The molecule has 2 aromatic rings. The highest BCUT2D eigenvalue weighted by Gasteiger charge is 2.10. The molecule has 0 aliphatic heterocycles. The highest BCUT2D eigenvalue weighted by molar-refractivity contribution is 6.15. The third-order valence-electron chi connectivity index (χ3n) is 2.79. The summed E-state index contributed by atoms with van der Waals surface area (Å²) < 4.78 is 0. The van der Waals surface area contributed by atoms with Gasteiger partial charge in [0.2, 0.25) is 0 Å². The van der Waals surface area contributed by atoms with Crippen molar-refractivity contribution in [1.29, 1.82) is 0 Å². The lowest BCUT2D eigenvalue weighted by atomic mass is 10.00. The molecular formula is C16H12O3. The molecule has 0 heterocycles. The van der Waals surface area contributed by atoms with Crippen molar-refractivity contribution in [2.24, 2.45) is 0 Å². The summed E-state index contributed by atoms with van der Waals surface area (Å²) in [5, 5.41) is 8.83. The molecule has 0 fully saturated rings. The van der Waals surface area contributed by atoms with Crippen molar-refractivity contribution in [1.82, 2.24) is 0 Å². The zero-order valence-electron chi connectivity index (χ0n) is 10.2. The van der Waals surface area contributed by atoms with Gasteiger partial charge in [0.1, 0.15) is 0 Å². The lowest BCUT2D eigenvalue weighted by Crippen LogP contribution is -2.02. The fourth-order valence-corrected chi connectivity index (χ4v) is 1.70. The Balaban J connectivity index is 2.26. The lowest BCUT2D eigenvalue weighted by molar-refractivity contribution is -0.130. The van der Waals surface area contributed by atoms with Gasteiger partial charge in [-0.25, -0.2) is 4.79 Å². The SMILES string of the molecule is C=C(C(=O)O)c1ccc(C(=O)c2ccccc2)cc1. The van der Waals surface area contributed by atoms with Crippen LogP contribution in [-0.4, -0.2) is 16.9 Å². The molecule has 2 aromatic carbocycles. The molecule has 0 spiro atoms.